The maximum absolute atomic E-state index is 5.91. The van der Waals surface area contributed by atoms with E-state index in [2.05, 4.69) is 39.7 Å². The van der Waals surface area contributed by atoms with Crippen molar-refractivity contribution in [2.24, 2.45) is 0 Å². The van der Waals surface area contributed by atoms with Gasteiger partial charge in [-0.15, -0.1) is 0 Å². The van der Waals surface area contributed by atoms with Crippen LogP contribution < -0.4 is 10.6 Å². The average molecular weight is 339 g/mol. The van der Waals surface area contributed by atoms with Gasteiger partial charge >= 0.3 is 0 Å². The molecule has 1 aromatic heterocycles. The van der Waals surface area contributed by atoms with Crippen LogP contribution in [0.15, 0.2) is 54.6 Å². The number of benzene rings is 2. The Kier molecular flexibility index (Phi) is 4.96. The molecule has 0 atom stereocenters. The third-order valence-corrected chi connectivity index (χ3v) is 3.93. The highest BCUT2D eigenvalue weighted by Crippen LogP contribution is 2.20. The molecule has 24 heavy (non-hydrogen) atoms. The first-order chi connectivity index (χ1) is 11.6. The van der Waals surface area contributed by atoms with Gasteiger partial charge in [-0.1, -0.05) is 35.9 Å². The van der Waals surface area contributed by atoms with E-state index in [1.807, 2.05) is 49.4 Å². The van der Waals surface area contributed by atoms with E-state index in [0.717, 1.165) is 23.9 Å². The van der Waals surface area contributed by atoms with Crippen LogP contribution in [-0.2, 0) is 6.54 Å². The molecule has 0 aliphatic heterocycles. The van der Waals surface area contributed by atoms with Gasteiger partial charge < -0.3 is 10.6 Å². The molecule has 0 spiro atoms. The number of rotatable bonds is 5. The standard InChI is InChI=1S/C19H19ClN4/c1-13-5-3-4-6-15(13)12-21-18-11-19(23-14(2)22-18)24-17-9-7-16(20)8-10-17/h3-11H,12H2,1-2H3,(H2,21,22,23,24). The number of nitrogens with zero attached hydrogens (tertiary/aromatic N) is 2. The van der Waals surface area contributed by atoms with Crippen LogP contribution in [0.3, 0.4) is 0 Å². The molecule has 2 N–H and O–H groups in total. The fourth-order valence-electron chi connectivity index (χ4n) is 2.40. The van der Waals surface area contributed by atoms with Gasteiger partial charge in [0, 0.05) is 23.3 Å². The quantitative estimate of drug-likeness (QED) is 0.679. The molecule has 0 saturated carbocycles. The van der Waals surface area contributed by atoms with Crippen LogP contribution in [0, 0.1) is 13.8 Å². The number of aryl methyl sites for hydroxylation is 2. The minimum atomic E-state index is 0.708. The van der Waals surface area contributed by atoms with Gasteiger partial charge in [0.2, 0.25) is 0 Å². The molecule has 0 aliphatic carbocycles. The molecule has 2 aromatic carbocycles. The molecule has 0 radical (unpaired) electrons. The van der Waals surface area contributed by atoms with E-state index >= 15 is 0 Å². The number of hydrogen-bond donors (Lipinski definition) is 2. The lowest BCUT2D eigenvalue weighted by Gasteiger charge is -2.11. The van der Waals surface area contributed by atoms with Crippen molar-refractivity contribution in [3.8, 4) is 0 Å². The SMILES string of the molecule is Cc1nc(NCc2ccccc2C)cc(Nc2ccc(Cl)cc2)n1. The van der Waals surface area contributed by atoms with Gasteiger partial charge in [0.05, 0.1) is 0 Å². The molecule has 0 amide bonds. The van der Waals surface area contributed by atoms with E-state index in [1.54, 1.807) is 0 Å². The summed E-state index contributed by atoms with van der Waals surface area (Å²) in [7, 11) is 0. The Morgan fingerprint density at radius 3 is 2.38 bits per heavy atom. The zero-order valence-electron chi connectivity index (χ0n) is 13.7. The number of aromatic nitrogens is 2. The molecule has 4 nitrogen and oxygen atoms in total. The molecular weight excluding hydrogens is 320 g/mol. The van der Waals surface area contributed by atoms with Crippen molar-refractivity contribution in [2.75, 3.05) is 10.6 Å². The number of nitrogens with one attached hydrogen (secondary N) is 2. The van der Waals surface area contributed by atoms with Crippen molar-refractivity contribution in [3.63, 3.8) is 0 Å². The predicted octanol–water partition coefficient (Wildman–Crippen LogP) is 5.10. The van der Waals surface area contributed by atoms with Crippen LogP contribution in [0.5, 0.6) is 0 Å². The first kappa shape index (κ1) is 16.3. The summed E-state index contributed by atoms with van der Waals surface area (Å²) in [6.07, 6.45) is 0. The van der Waals surface area contributed by atoms with Gasteiger partial charge in [-0.2, -0.15) is 0 Å². The highest BCUT2D eigenvalue weighted by molar-refractivity contribution is 6.30. The summed E-state index contributed by atoms with van der Waals surface area (Å²) in [6, 6.07) is 17.7. The Bertz CT molecular complexity index is 831. The molecule has 0 saturated heterocycles. The maximum atomic E-state index is 5.91. The lowest BCUT2D eigenvalue weighted by atomic mass is 10.1. The Labute approximate surface area is 146 Å². The van der Waals surface area contributed by atoms with E-state index in [4.69, 9.17) is 11.6 Å². The van der Waals surface area contributed by atoms with Crippen molar-refractivity contribution in [2.45, 2.75) is 20.4 Å². The summed E-state index contributed by atoms with van der Waals surface area (Å²) in [6.45, 7) is 4.71. The highest BCUT2D eigenvalue weighted by Gasteiger charge is 2.04. The van der Waals surface area contributed by atoms with Crippen molar-refractivity contribution in [1.29, 1.82) is 0 Å². The Morgan fingerprint density at radius 2 is 1.62 bits per heavy atom. The second-order valence-electron chi connectivity index (χ2n) is 5.60. The van der Waals surface area contributed by atoms with E-state index in [-0.39, 0.29) is 0 Å². The first-order valence-electron chi connectivity index (χ1n) is 7.77. The zero-order valence-corrected chi connectivity index (χ0v) is 14.4. The van der Waals surface area contributed by atoms with E-state index in [1.165, 1.54) is 11.1 Å². The van der Waals surface area contributed by atoms with Crippen molar-refractivity contribution in [1.82, 2.24) is 9.97 Å². The van der Waals surface area contributed by atoms with Crippen molar-refractivity contribution in [3.05, 3.63) is 76.6 Å². The lowest BCUT2D eigenvalue weighted by molar-refractivity contribution is 1.02. The molecule has 3 rings (SSSR count). The Morgan fingerprint density at radius 1 is 0.917 bits per heavy atom. The molecule has 0 unspecified atom stereocenters. The summed E-state index contributed by atoms with van der Waals surface area (Å²) in [5, 5.41) is 7.35. The van der Waals surface area contributed by atoms with Gasteiger partial charge in [-0.3, -0.25) is 0 Å². The van der Waals surface area contributed by atoms with Crippen LogP contribution in [0.2, 0.25) is 5.02 Å². The topological polar surface area (TPSA) is 49.8 Å². The molecule has 5 heteroatoms. The molecule has 0 bridgehead atoms. The smallest absolute Gasteiger partial charge is 0.136 e. The molecule has 1 heterocycles. The van der Waals surface area contributed by atoms with E-state index < -0.39 is 0 Å². The monoisotopic (exact) mass is 338 g/mol. The van der Waals surface area contributed by atoms with Gasteiger partial charge in [0.1, 0.15) is 17.5 Å². The number of halogens is 1. The summed E-state index contributed by atoms with van der Waals surface area (Å²) < 4.78 is 0. The van der Waals surface area contributed by atoms with E-state index in [0.29, 0.717) is 10.8 Å². The number of anilines is 3. The van der Waals surface area contributed by atoms with Crippen LogP contribution in [0.1, 0.15) is 17.0 Å². The fourth-order valence-corrected chi connectivity index (χ4v) is 2.52. The lowest BCUT2D eigenvalue weighted by Crippen LogP contribution is -2.06. The van der Waals surface area contributed by atoms with Gasteiger partial charge in [0.15, 0.2) is 0 Å². The van der Waals surface area contributed by atoms with Gasteiger partial charge in [0.25, 0.3) is 0 Å². The minimum Gasteiger partial charge on any atom is -0.366 e. The van der Waals surface area contributed by atoms with Crippen LogP contribution in [0.25, 0.3) is 0 Å². The number of hydrogen-bond acceptors (Lipinski definition) is 4. The normalized spacial score (nSPS) is 10.5. The third kappa shape index (κ3) is 4.24. The second kappa shape index (κ2) is 7.32. The summed E-state index contributed by atoms with van der Waals surface area (Å²) >= 11 is 5.91. The highest BCUT2D eigenvalue weighted by atomic mass is 35.5. The van der Waals surface area contributed by atoms with Gasteiger partial charge in [-0.05, 0) is 49.2 Å². The first-order valence-corrected chi connectivity index (χ1v) is 8.14. The summed E-state index contributed by atoms with van der Waals surface area (Å²) in [4.78, 5) is 8.88. The molecule has 0 aliphatic rings. The predicted molar refractivity (Wildman–Crippen MR) is 100 cm³/mol. The van der Waals surface area contributed by atoms with Crippen LogP contribution in [0.4, 0.5) is 17.3 Å². The molecule has 122 valence electrons. The largest absolute Gasteiger partial charge is 0.366 e. The molecular formula is C19H19ClN4. The maximum Gasteiger partial charge on any atom is 0.136 e. The van der Waals surface area contributed by atoms with E-state index in [9.17, 15) is 0 Å². The fraction of sp³-hybridized carbons (Fsp3) is 0.158. The van der Waals surface area contributed by atoms with Crippen molar-refractivity contribution < 1.29 is 0 Å². The van der Waals surface area contributed by atoms with Crippen LogP contribution >= 0.6 is 11.6 Å². The average Bonchev–Trinajstić information content (AvgIpc) is 2.56. The second-order valence-corrected chi connectivity index (χ2v) is 6.03. The zero-order chi connectivity index (χ0) is 16.9. The molecule has 3 aromatic rings. The molecule has 0 fully saturated rings. The Hall–Kier alpha value is -2.59. The third-order valence-electron chi connectivity index (χ3n) is 3.68. The van der Waals surface area contributed by atoms with Crippen LogP contribution in [-0.4, -0.2) is 9.97 Å². The Balaban J connectivity index is 1.74. The summed E-state index contributed by atoms with van der Waals surface area (Å²) in [5.74, 6) is 2.25. The van der Waals surface area contributed by atoms with Gasteiger partial charge in [-0.25, -0.2) is 9.97 Å². The van der Waals surface area contributed by atoms with Crippen molar-refractivity contribution >= 4 is 28.9 Å². The minimum absolute atomic E-state index is 0.708. The summed E-state index contributed by atoms with van der Waals surface area (Å²) in [5.41, 5.74) is 3.44.